The van der Waals surface area contributed by atoms with Gasteiger partial charge < -0.3 is 169 Å². The second kappa shape index (κ2) is 31.7. The smallest absolute Gasteiger partial charge is 0.187 e. The number of rotatable bonds is 10. The second-order valence-electron chi connectivity index (χ2n) is 27.5. The highest BCUT2D eigenvalue weighted by Crippen LogP contribution is 2.62. The van der Waals surface area contributed by atoms with Gasteiger partial charge in [0.2, 0.25) is 0 Å². The number of hydrogen-bond donors (Lipinski definition) is 20. The molecule has 0 spiro atoms. The fraction of sp³-hybridized carbons (Fsp3) is 1.00. The minimum Gasteiger partial charge on any atom is -0.394 e. The molecular formula is C58H96N2O33S2. The highest BCUT2D eigenvalue weighted by molar-refractivity contribution is 8.77. The molecule has 4 aliphatic carbocycles. The van der Waals surface area contributed by atoms with Crippen LogP contribution in [0.3, 0.4) is 0 Å². The van der Waals surface area contributed by atoms with Crippen LogP contribution in [0.2, 0.25) is 0 Å². The third-order valence-corrected chi connectivity index (χ3v) is 24.2. The molecule has 35 atom stereocenters. The first-order valence-corrected chi connectivity index (χ1v) is 35.4. The Hall–Kier alpha value is -0.700. The summed E-state index contributed by atoms with van der Waals surface area (Å²) >= 11 is 0. The summed E-state index contributed by atoms with van der Waals surface area (Å²) < 4.78 is 85.0. The minimum atomic E-state index is -2.17. The van der Waals surface area contributed by atoms with Gasteiger partial charge in [0.1, 0.15) is 171 Å². The van der Waals surface area contributed by atoms with Crippen LogP contribution < -0.4 is 5.32 Å². The van der Waals surface area contributed by atoms with Crippen LogP contribution in [0.5, 0.6) is 0 Å². The zero-order valence-corrected chi connectivity index (χ0v) is 53.5. The highest BCUT2D eigenvalue weighted by atomic mass is 33.1. The first-order valence-electron chi connectivity index (χ1n) is 33.0. The van der Waals surface area contributed by atoms with E-state index in [9.17, 15) is 97.0 Å². The molecule has 35 nitrogen and oxygen atoms in total. The lowest BCUT2D eigenvalue weighted by Crippen LogP contribution is -2.68. The van der Waals surface area contributed by atoms with E-state index in [1.165, 1.54) is 19.3 Å². The van der Waals surface area contributed by atoms with Gasteiger partial charge in [-0.15, -0.1) is 0 Å². The number of aliphatic hydroxyl groups excluding tert-OH is 19. The molecule has 548 valence electrons. The van der Waals surface area contributed by atoms with Crippen molar-refractivity contribution in [3.05, 3.63) is 0 Å². The van der Waals surface area contributed by atoms with Gasteiger partial charge >= 0.3 is 0 Å². The lowest BCUT2D eigenvalue weighted by molar-refractivity contribution is -0.396. The third kappa shape index (κ3) is 15.3. The van der Waals surface area contributed by atoms with E-state index in [0.29, 0.717) is 49.4 Å². The summed E-state index contributed by atoms with van der Waals surface area (Å²) in [4.78, 5) is 2.00. The Morgan fingerprint density at radius 3 is 0.979 bits per heavy atom. The molecule has 18 bridgehead atoms. The van der Waals surface area contributed by atoms with Crippen molar-refractivity contribution in [3.8, 4) is 0 Å². The van der Waals surface area contributed by atoms with Crippen molar-refractivity contribution in [1.82, 2.24) is 10.2 Å². The molecule has 19 fully saturated rings. The summed E-state index contributed by atoms with van der Waals surface area (Å²) in [7, 11) is 3.64. The van der Waals surface area contributed by atoms with Crippen LogP contribution in [0.1, 0.15) is 51.4 Å². The summed E-state index contributed by atoms with van der Waals surface area (Å²) in [6, 6.07) is 0. The van der Waals surface area contributed by atoms with Crippen LogP contribution in [0.4, 0.5) is 0 Å². The Morgan fingerprint density at radius 2 is 0.642 bits per heavy atom. The van der Waals surface area contributed by atoms with E-state index in [-0.39, 0.29) is 24.4 Å². The van der Waals surface area contributed by atoms with Crippen LogP contribution in [0.25, 0.3) is 0 Å². The molecule has 19 aliphatic rings. The Bertz CT molecular complexity index is 2390. The molecule has 15 heterocycles. The van der Waals surface area contributed by atoms with Gasteiger partial charge in [0.25, 0.3) is 0 Å². The van der Waals surface area contributed by atoms with Gasteiger partial charge in [0, 0.05) is 30.1 Å². The molecule has 15 saturated heterocycles. The molecule has 0 amide bonds. The van der Waals surface area contributed by atoms with Crippen molar-refractivity contribution in [2.75, 3.05) is 71.5 Å². The average Bonchev–Trinajstić information content (AvgIpc) is 0.767. The summed E-state index contributed by atoms with van der Waals surface area (Å²) in [6.07, 6.45) is -59.3. The van der Waals surface area contributed by atoms with Gasteiger partial charge in [-0.25, -0.2) is 0 Å². The lowest BCUT2D eigenvalue weighted by atomic mass is 9.56. The normalized spacial score (nSPS) is 54.3. The number of fused-ring (bicyclic) bond motifs is 3. The van der Waals surface area contributed by atoms with E-state index in [1.54, 1.807) is 10.8 Å². The van der Waals surface area contributed by atoms with Crippen molar-refractivity contribution in [3.63, 3.8) is 0 Å². The van der Waals surface area contributed by atoms with Gasteiger partial charge in [-0.3, -0.25) is 4.90 Å². The zero-order chi connectivity index (χ0) is 67.5. The molecule has 37 heteroatoms. The number of ether oxygens (including phenoxy) is 14. The quantitative estimate of drug-likeness (QED) is 0.0713. The van der Waals surface area contributed by atoms with Crippen molar-refractivity contribution in [2.24, 2.45) is 17.8 Å². The average molecular weight is 1410 g/mol. The fourth-order valence-electron chi connectivity index (χ4n) is 16.3. The molecule has 0 aromatic rings. The van der Waals surface area contributed by atoms with Gasteiger partial charge in [0.15, 0.2) is 44.0 Å². The summed E-state index contributed by atoms with van der Waals surface area (Å²) in [5.41, 5.74) is 0. The van der Waals surface area contributed by atoms with Gasteiger partial charge in [-0.05, 0) is 82.2 Å². The van der Waals surface area contributed by atoms with Crippen LogP contribution in [0, 0.1) is 17.8 Å². The van der Waals surface area contributed by atoms with E-state index >= 15 is 0 Å². The van der Waals surface area contributed by atoms with Crippen molar-refractivity contribution in [2.45, 2.75) is 271 Å². The van der Waals surface area contributed by atoms with Gasteiger partial charge in [-0.2, -0.15) is 0 Å². The number of nitrogens with zero attached hydrogens (tertiary/aromatic N) is 1. The van der Waals surface area contributed by atoms with Gasteiger partial charge in [-0.1, -0.05) is 21.6 Å². The maximum Gasteiger partial charge on any atom is 0.187 e. The minimum absolute atomic E-state index is 0.135. The molecule has 19 rings (SSSR count). The van der Waals surface area contributed by atoms with Crippen LogP contribution in [0.15, 0.2) is 0 Å². The molecule has 0 radical (unpaired) electrons. The Morgan fingerprint density at radius 1 is 0.347 bits per heavy atom. The molecule has 20 N–H and O–H groups in total. The van der Waals surface area contributed by atoms with Crippen LogP contribution in [-0.4, -0.2) is 393 Å². The standard InChI is InChI=1S/C58H96N2O33S2/c61-15-25-46-34(70)41(77)55(84-25)93-50-29(19-65)86-57(43(79)36(50)72)92-49-28(18-64)83-54(40(76)33(49)69)88-45-24-14-60(5-6-94-95-58-10-20-7-21(11-58)9-22(8-20)12-58)4-2-1-3-59-13-23-44(30(66)37(73)51(80-23)89-46)87-53-39(75)32(68)48(27(17-63)82-53)91-56-42(78)35(71)47(26(16-62)85-56)90-52(81-24)38(74)31(45)67/h20-57,59,61-79H,1-19H2/t20?,21?,22?,23-,24-,25-,26-,27-,28-,29-,30?,31?,32?,33?,34?,35?,36?,37?,38?,39?,40?,41?,42?,43?,44-,45-,46-,47-,48-,49-,50-,51-,52-,53-,54-,55-,56-,57-,58?/m1/s1. The first-order chi connectivity index (χ1) is 45.6. The monoisotopic (exact) mass is 1410 g/mol. The molecule has 15 aliphatic heterocycles. The van der Waals surface area contributed by atoms with Crippen LogP contribution >= 0.6 is 21.6 Å². The maximum atomic E-state index is 12.3. The predicted molar refractivity (Wildman–Crippen MR) is 314 cm³/mol. The Balaban J connectivity index is 0.896. The second-order valence-corrected chi connectivity index (χ2v) is 30.4. The third-order valence-electron chi connectivity index (χ3n) is 21.0. The van der Waals surface area contributed by atoms with Crippen LogP contribution in [-0.2, 0) is 66.3 Å². The molecule has 14 unspecified atom stereocenters. The van der Waals surface area contributed by atoms with E-state index < -0.39 is 248 Å². The number of hydrogen-bond acceptors (Lipinski definition) is 37. The highest BCUT2D eigenvalue weighted by Gasteiger charge is 2.60. The van der Waals surface area contributed by atoms with E-state index in [2.05, 4.69) is 5.32 Å². The Labute approximate surface area is 553 Å². The first kappa shape index (κ1) is 74.0. The van der Waals surface area contributed by atoms with E-state index in [0.717, 1.165) is 19.3 Å². The maximum absolute atomic E-state index is 12.3. The summed E-state index contributed by atoms with van der Waals surface area (Å²) in [5, 5.41) is 222. The molecule has 4 saturated carbocycles. The van der Waals surface area contributed by atoms with E-state index in [1.807, 2.05) is 15.7 Å². The lowest BCUT2D eigenvalue weighted by Gasteiger charge is -2.56. The van der Waals surface area contributed by atoms with Crippen molar-refractivity contribution >= 4 is 21.6 Å². The van der Waals surface area contributed by atoms with Crippen molar-refractivity contribution < 1.29 is 163 Å². The number of aliphatic hydroxyl groups is 19. The molecule has 0 aromatic heterocycles. The Kier molecular flexibility index (Phi) is 24.7. The fourth-order valence-corrected chi connectivity index (χ4v) is 19.7. The summed E-state index contributed by atoms with van der Waals surface area (Å²) in [5.74, 6) is 2.67. The largest absolute Gasteiger partial charge is 0.394 e. The molecule has 0 aromatic carbocycles. The SMILES string of the molecule is OC[C@H]1O[C@@H]2O[C@H]3C(O)C(O)[C@H](O[C@@H]3CO)O[C@H]3C(O)C(O)[C@@H]4O[C@@H]3CN(CCSSC35CC6CC(CC(C6)C3)C5)CCCCNC[C@H]3O[C@H](O[C@H]5C(O)C(O)[C@H](O[C@@H]5CO)O[C@H]1C(O)C2O)C(O)C(O)[C@@H]3O[C@H]1O[C@H](CO)[C@@H](O[C@H]2O[C@H](CO)[C@@H](O4)C(O)C2O)C(O)C1O. The zero-order valence-electron chi connectivity index (χ0n) is 51.9. The topological polar surface area (TPSA) is 529 Å². The van der Waals surface area contributed by atoms with Crippen molar-refractivity contribution in [1.29, 1.82) is 0 Å². The molecular weight excluding hydrogens is 1320 g/mol. The summed E-state index contributed by atoms with van der Waals surface area (Å²) in [6.45, 7) is -4.44. The predicted octanol–water partition coefficient (Wildman–Crippen LogP) is -10.2. The number of nitrogens with one attached hydrogen (secondary N) is 1. The van der Waals surface area contributed by atoms with Gasteiger partial charge in [0.05, 0.1) is 33.0 Å². The van der Waals surface area contributed by atoms with E-state index in [4.69, 9.17) is 66.3 Å². The molecule has 95 heavy (non-hydrogen) atoms.